The van der Waals surface area contributed by atoms with Crippen LogP contribution in [0.2, 0.25) is 0 Å². The van der Waals surface area contributed by atoms with Gasteiger partial charge in [-0.2, -0.15) is 0 Å². The zero-order valence-corrected chi connectivity index (χ0v) is 23.3. The Kier molecular flexibility index (Phi) is 9.12. The molecule has 5 N–H and O–H groups in total. The number of amides is 2. The van der Waals surface area contributed by atoms with E-state index in [1.165, 1.54) is 23.9 Å². The molecule has 4 heterocycles. The summed E-state index contributed by atoms with van der Waals surface area (Å²) in [7, 11) is 0. The largest absolute Gasteiger partial charge is 0.384 e. The van der Waals surface area contributed by atoms with Crippen molar-refractivity contribution in [1.82, 2.24) is 24.8 Å². The van der Waals surface area contributed by atoms with E-state index < -0.39 is 17.5 Å². The lowest BCUT2D eigenvalue weighted by Gasteiger charge is -2.16. The molecule has 0 saturated heterocycles. The lowest BCUT2D eigenvalue weighted by Crippen LogP contribution is -2.38. The molecule has 2 amide bonds. The maximum absolute atomic E-state index is 13.3. The van der Waals surface area contributed by atoms with E-state index in [-0.39, 0.29) is 23.1 Å². The zero-order chi connectivity index (χ0) is 29.5. The Hall–Kier alpha value is -5.00. The van der Waals surface area contributed by atoms with E-state index in [1.54, 1.807) is 30.5 Å². The lowest BCUT2D eigenvalue weighted by molar-refractivity contribution is -0.124. The molecular formula is C29H33N9O3. The van der Waals surface area contributed by atoms with Gasteiger partial charge in [-0.05, 0) is 56.0 Å². The normalized spacial score (nSPS) is 14.9. The summed E-state index contributed by atoms with van der Waals surface area (Å²) >= 11 is 0. The van der Waals surface area contributed by atoms with Crippen LogP contribution in [-0.4, -0.2) is 49.4 Å². The number of carbonyl (C=O) groups is 2. The number of aliphatic imine (C=N–C) groups is 1. The van der Waals surface area contributed by atoms with Crippen LogP contribution in [0.15, 0.2) is 58.2 Å². The smallest absolute Gasteiger partial charge is 0.278 e. The highest BCUT2D eigenvalue weighted by Crippen LogP contribution is 2.24. The number of nitrogens with one attached hydrogen (secondary N) is 3. The second-order valence-corrected chi connectivity index (χ2v) is 9.77. The number of anilines is 2. The van der Waals surface area contributed by atoms with E-state index in [9.17, 15) is 14.4 Å². The number of nitrogens with two attached hydrogens (primary N) is 1. The van der Waals surface area contributed by atoms with E-state index in [4.69, 9.17) is 11.1 Å². The number of hydrogen-bond donors (Lipinski definition) is 4. The molecule has 0 bridgehead atoms. The third-order valence-electron chi connectivity index (χ3n) is 6.68. The van der Waals surface area contributed by atoms with Crippen molar-refractivity contribution in [2.45, 2.75) is 52.5 Å². The molecule has 1 unspecified atom stereocenters. The summed E-state index contributed by atoms with van der Waals surface area (Å²) in [4.78, 5) is 55.8. The van der Waals surface area contributed by atoms with Gasteiger partial charge in [0.15, 0.2) is 5.84 Å². The quantitative estimate of drug-likeness (QED) is 0.231. The first kappa shape index (κ1) is 29.0. The molecule has 0 fully saturated rings. The number of aromatic nitrogens is 4. The lowest BCUT2D eigenvalue weighted by atomic mass is 10.0. The van der Waals surface area contributed by atoms with Crippen molar-refractivity contribution in [3.05, 3.63) is 81.4 Å². The highest BCUT2D eigenvalue weighted by Gasteiger charge is 2.31. The van der Waals surface area contributed by atoms with Gasteiger partial charge in [0.25, 0.3) is 11.5 Å². The van der Waals surface area contributed by atoms with Crippen LogP contribution < -0.4 is 21.9 Å². The molecule has 212 valence electrons. The van der Waals surface area contributed by atoms with Crippen LogP contribution in [0.4, 0.5) is 11.5 Å². The summed E-state index contributed by atoms with van der Waals surface area (Å²) in [6, 6.07) is 6.08. The van der Waals surface area contributed by atoms with Crippen molar-refractivity contribution in [2.75, 3.05) is 17.6 Å². The van der Waals surface area contributed by atoms with Crippen molar-refractivity contribution >= 4 is 40.9 Å². The van der Waals surface area contributed by atoms with E-state index in [0.717, 1.165) is 29.5 Å². The first-order chi connectivity index (χ1) is 19.7. The number of carbonyl (C=O) groups excluding carboxylic acids is 2. The highest BCUT2D eigenvalue weighted by molar-refractivity contribution is 6.43. The van der Waals surface area contributed by atoms with Gasteiger partial charge in [0.1, 0.15) is 34.8 Å². The Morgan fingerprint density at radius 1 is 1.24 bits per heavy atom. The molecule has 4 rings (SSSR count). The Bertz CT molecular complexity index is 1590. The minimum atomic E-state index is -0.753. The van der Waals surface area contributed by atoms with Gasteiger partial charge in [-0.15, -0.1) is 0 Å². The molecule has 0 aromatic carbocycles. The molecule has 3 aromatic heterocycles. The fourth-order valence-electron chi connectivity index (χ4n) is 4.54. The van der Waals surface area contributed by atoms with Crippen molar-refractivity contribution in [1.29, 1.82) is 5.41 Å². The molecule has 1 aliphatic heterocycles. The van der Waals surface area contributed by atoms with Crippen molar-refractivity contribution in [2.24, 2.45) is 4.99 Å². The van der Waals surface area contributed by atoms with Gasteiger partial charge >= 0.3 is 0 Å². The van der Waals surface area contributed by atoms with Crippen molar-refractivity contribution < 1.29 is 9.59 Å². The first-order valence-corrected chi connectivity index (χ1v) is 13.3. The highest BCUT2D eigenvalue weighted by atomic mass is 16.2. The first-order valence-electron chi connectivity index (χ1n) is 13.3. The molecule has 0 saturated carbocycles. The molecule has 3 aromatic rings. The third kappa shape index (κ3) is 6.96. The minimum absolute atomic E-state index is 0.0263. The second kappa shape index (κ2) is 12.9. The van der Waals surface area contributed by atoms with Crippen LogP contribution in [0, 0.1) is 12.3 Å². The van der Waals surface area contributed by atoms with Crippen molar-refractivity contribution in [3.63, 3.8) is 0 Å². The fourth-order valence-corrected chi connectivity index (χ4v) is 4.54. The van der Waals surface area contributed by atoms with Gasteiger partial charge in [-0.25, -0.2) is 15.0 Å². The molecule has 12 heteroatoms. The van der Waals surface area contributed by atoms with Gasteiger partial charge in [-0.1, -0.05) is 31.1 Å². The summed E-state index contributed by atoms with van der Waals surface area (Å²) in [6.07, 6.45) is 9.08. The third-order valence-corrected chi connectivity index (χ3v) is 6.68. The van der Waals surface area contributed by atoms with E-state index >= 15 is 0 Å². The Morgan fingerprint density at radius 3 is 2.76 bits per heavy atom. The van der Waals surface area contributed by atoms with Crippen LogP contribution in [0.1, 0.15) is 61.8 Å². The molecule has 0 spiro atoms. The molecule has 0 radical (unpaired) electrons. The number of hydrogen-bond acceptors (Lipinski definition) is 8. The average Bonchev–Trinajstić information content (AvgIpc) is 3.40. The Labute approximate surface area is 237 Å². The number of fused-ring (bicyclic) bond motifs is 1. The predicted octanol–water partition coefficient (Wildman–Crippen LogP) is 2.84. The second-order valence-electron chi connectivity index (χ2n) is 9.77. The predicted molar refractivity (Wildman–Crippen MR) is 158 cm³/mol. The van der Waals surface area contributed by atoms with E-state index in [2.05, 4.69) is 37.5 Å². The molecular weight excluding hydrogens is 522 g/mol. The maximum atomic E-state index is 13.3. The molecule has 41 heavy (non-hydrogen) atoms. The topological polar surface area (TPSA) is 181 Å². The van der Waals surface area contributed by atoms with E-state index in [1.807, 2.05) is 13.0 Å². The fraction of sp³-hybridized carbons (Fsp3) is 0.310. The standard InChI is InChI=1S/C29H33N9O3/c1-4-7-19(13-20-15-33-24(30)12-17(20)2)14-35-28(40)23-9-10-25-34-16-22(29(41)38(23)25)37-27(39)18(3)36-26(31)21-8-5-6-11-32-21/h5-6,8,11-13,15-16,23,31H,4,7,9-10,14H2,1-3H3,(H2,30,33)(H,35,40)(H,37,39)/b19-13+,31-26?,36-18?. The summed E-state index contributed by atoms with van der Waals surface area (Å²) in [5.41, 5.74) is 8.39. The van der Waals surface area contributed by atoms with Crippen LogP contribution in [0.5, 0.6) is 0 Å². The van der Waals surface area contributed by atoms with E-state index in [0.29, 0.717) is 36.7 Å². The zero-order valence-electron chi connectivity index (χ0n) is 23.3. The maximum Gasteiger partial charge on any atom is 0.278 e. The number of pyridine rings is 2. The molecule has 12 nitrogen and oxygen atoms in total. The summed E-state index contributed by atoms with van der Waals surface area (Å²) in [6.45, 7) is 5.77. The number of rotatable bonds is 9. The number of aryl methyl sites for hydroxylation is 2. The molecule has 1 aliphatic rings. The van der Waals surface area contributed by atoms with Gasteiger partial charge in [0.2, 0.25) is 5.91 Å². The Balaban J connectivity index is 1.47. The number of nitrogens with zero attached hydrogens (tertiary/aromatic N) is 5. The van der Waals surface area contributed by atoms with Crippen LogP contribution in [0.25, 0.3) is 6.08 Å². The summed E-state index contributed by atoms with van der Waals surface area (Å²) < 4.78 is 1.34. The average molecular weight is 556 g/mol. The van der Waals surface area contributed by atoms with Gasteiger partial charge in [0, 0.05) is 25.4 Å². The summed E-state index contributed by atoms with van der Waals surface area (Å²) in [5.74, 6) is -0.217. The van der Waals surface area contributed by atoms with Crippen LogP contribution in [0.3, 0.4) is 0 Å². The Morgan fingerprint density at radius 2 is 2.05 bits per heavy atom. The van der Waals surface area contributed by atoms with Crippen LogP contribution >= 0.6 is 0 Å². The van der Waals surface area contributed by atoms with Gasteiger partial charge in [-0.3, -0.25) is 29.3 Å². The SMILES string of the molecule is CCC/C(=C\c1cnc(N)cc1C)CNC(=O)C1CCc2ncc(NC(=O)C(C)=NC(=N)c3ccccn3)c(=O)n21. The van der Waals surface area contributed by atoms with Crippen LogP contribution in [-0.2, 0) is 16.0 Å². The molecule has 1 atom stereocenters. The minimum Gasteiger partial charge on any atom is -0.384 e. The summed E-state index contributed by atoms with van der Waals surface area (Å²) in [5, 5.41) is 13.6. The van der Waals surface area contributed by atoms with Gasteiger partial charge in [0.05, 0.1) is 6.20 Å². The van der Waals surface area contributed by atoms with Crippen molar-refractivity contribution in [3.8, 4) is 0 Å². The number of nitrogen functional groups attached to an aromatic ring is 1. The van der Waals surface area contributed by atoms with Gasteiger partial charge < -0.3 is 16.4 Å². The molecule has 0 aliphatic carbocycles. The monoisotopic (exact) mass is 555 g/mol. The number of amidine groups is 1.